The van der Waals surface area contributed by atoms with Crippen molar-refractivity contribution in [2.24, 2.45) is 0 Å². The molecule has 0 aromatic heterocycles. The molecule has 252 valence electrons. The van der Waals surface area contributed by atoms with Crippen LogP contribution in [0.3, 0.4) is 0 Å². The summed E-state index contributed by atoms with van der Waals surface area (Å²) in [6.45, 7) is 4.91. The van der Waals surface area contributed by atoms with E-state index in [1.807, 2.05) is 68.4 Å². The number of aryl methyl sites for hydroxylation is 1. The maximum absolute atomic E-state index is 14.3. The van der Waals surface area contributed by atoms with Crippen LogP contribution in [0.15, 0.2) is 108 Å². The zero-order valence-corrected chi connectivity index (χ0v) is 27.9. The molecule has 0 aliphatic carbocycles. The largest absolute Gasteiger partial charge is 0.374 e. The Bertz CT molecular complexity index is 1790. The van der Waals surface area contributed by atoms with Crippen molar-refractivity contribution in [3.8, 4) is 0 Å². The Balaban J connectivity index is 1.21. The zero-order chi connectivity index (χ0) is 33.7. The summed E-state index contributed by atoms with van der Waals surface area (Å²) >= 11 is 0. The van der Waals surface area contributed by atoms with Gasteiger partial charge in [-0.25, -0.2) is 17.5 Å². The summed E-state index contributed by atoms with van der Waals surface area (Å²) in [6, 6.07) is 29.4. The minimum Gasteiger partial charge on any atom is -0.374 e. The van der Waals surface area contributed by atoms with Crippen molar-refractivity contribution in [2.75, 3.05) is 19.8 Å². The monoisotopic (exact) mass is 672 g/mol. The molecule has 1 amide bonds. The molecule has 0 bridgehead atoms. The van der Waals surface area contributed by atoms with Crippen molar-refractivity contribution in [3.05, 3.63) is 137 Å². The number of carbonyl (C=O) groups is 1. The van der Waals surface area contributed by atoms with Crippen LogP contribution in [0, 0.1) is 12.7 Å². The lowest BCUT2D eigenvalue weighted by molar-refractivity contribution is -0.164. The number of rotatable bonds is 11. The number of halogens is 1. The average molecular weight is 673 g/mol. The Kier molecular flexibility index (Phi) is 10.7. The van der Waals surface area contributed by atoms with E-state index in [-0.39, 0.29) is 42.4 Å². The molecule has 1 saturated heterocycles. The fourth-order valence-electron chi connectivity index (χ4n) is 6.44. The molecule has 0 unspecified atom stereocenters. The first-order valence-electron chi connectivity index (χ1n) is 16.3. The zero-order valence-electron chi connectivity index (χ0n) is 27.1. The maximum atomic E-state index is 14.3. The van der Waals surface area contributed by atoms with Crippen LogP contribution in [0.2, 0.25) is 0 Å². The lowest BCUT2D eigenvalue weighted by Gasteiger charge is -2.42. The van der Waals surface area contributed by atoms with Crippen LogP contribution >= 0.6 is 0 Å². The molecule has 0 radical (unpaired) electrons. The fourth-order valence-corrected chi connectivity index (χ4v) is 7.72. The third-order valence-electron chi connectivity index (χ3n) is 8.92. The number of ether oxygens (including phenoxy) is 3. The molecular weight excluding hydrogens is 631 g/mol. The van der Waals surface area contributed by atoms with Gasteiger partial charge in [0.05, 0.1) is 49.0 Å². The van der Waals surface area contributed by atoms with Gasteiger partial charge in [-0.15, -0.1) is 0 Å². The predicted molar refractivity (Wildman–Crippen MR) is 180 cm³/mol. The highest BCUT2D eigenvalue weighted by Crippen LogP contribution is 2.37. The van der Waals surface area contributed by atoms with E-state index in [0.717, 1.165) is 27.8 Å². The first kappa shape index (κ1) is 34.0. The van der Waals surface area contributed by atoms with E-state index < -0.39 is 34.3 Å². The Hall–Kier alpha value is -3.93. The normalized spacial score (nSPS) is 21.8. The highest BCUT2D eigenvalue weighted by Gasteiger charge is 2.42. The molecule has 6 rings (SSSR count). The number of fused-ring (bicyclic) bond motifs is 1. The van der Waals surface area contributed by atoms with Crippen LogP contribution in [-0.2, 0) is 42.1 Å². The van der Waals surface area contributed by atoms with Crippen LogP contribution < -0.4 is 4.72 Å². The van der Waals surface area contributed by atoms with Gasteiger partial charge in [0.25, 0.3) is 5.91 Å². The van der Waals surface area contributed by atoms with Crippen molar-refractivity contribution >= 4 is 15.9 Å². The Morgan fingerprint density at radius 3 is 2.44 bits per heavy atom. The van der Waals surface area contributed by atoms with E-state index >= 15 is 0 Å². The number of hydrogen-bond acceptors (Lipinski definition) is 6. The minimum absolute atomic E-state index is 0.00611. The molecule has 2 heterocycles. The minimum atomic E-state index is -3.95. The lowest BCUT2D eigenvalue weighted by Crippen LogP contribution is -2.57. The number of carbonyl (C=O) groups excluding carboxylic acids is 1. The van der Waals surface area contributed by atoms with E-state index in [1.165, 1.54) is 12.1 Å². The molecule has 48 heavy (non-hydrogen) atoms. The highest BCUT2D eigenvalue weighted by molar-refractivity contribution is 7.89. The highest BCUT2D eigenvalue weighted by atomic mass is 32.2. The van der Waals surface area contributed by atoms with Gasteiger partial charge in [0, 0.05) is 13.0 Å². The first-order valence-corrected chi connectivity index (χ1v) is 17.8. The molecule has 2 aliphatic rings. The number of sulfonamides is 1. The second kappa shape index (κ2) is 15.1. The summed E-state index contributed by atoms with van der Waals surface area (Å²) in [5, 5.41) is 0. The fraction of sp³-hybridized carbons (Fsp3) is 0.342. The summed E-state index contributed by atoms with van der Waals surface area (Å²) in [5.74, 6) is -0.609. The molecule has 4 aromatic carbocycles. The Morgan fingerprint density at radius 1 is 0.979 bits per heavy atom. The molecular formula is C38H41FN2O6S. The van der Waals surface area contributed by atoms with Gasteiger partial charge >= 0.3 is 0 Å². The standard InChI is InChI=1S/C38H41FN2O6S/c1-26-12-18-32(19-13-26)48(43,44)40-34-22-35(46-25-36(34)47-27(2)23-45-24-28-8-4-3-5-9-28)38(42)41-21-20-29-10-6-7-11-33(29)37(41)30-14-16-31(39)17-15-30/h3-19,27,34-37,40H,20-25H2,1-2H3/t27-,34+,35-,36+,37+/m1/s1. The van der Waals surface area contributed by atoms with Crippen LogP contribution in [0.4, 0.5) is 4.39 Å². The van der Waals surface area contributed by atoms with Crippen LogP contribution in [0.25, 0.3) is 0 Å². The quantitative estimate of drug-likeness (QED) is 0.219. The topological polar surface area (TPSA) is 94.2 Å². The van der Waals surface area contributed by atoms with Gasteiger partial charge in [-0.2, -0.15) is 0 Å². The second-order valence-corrected chi connectivity index (χ2v) is 14.2. The molecule has 0 spiro atoms. The summed E-state index contributed by atoms with van der Waals surface area (Å²) < 4.78 is 62.3. The van der Waals surface area contributed by atoms with Gasteiger partial charge in [-0.05, 0) is 66.8 Å². The third kappa shape index (κ3) is 8.02. The molecule has 4 aromatic rings. The smallest absolute Gasteiger partial charge is 0.252 e. The predicted octanol–water partition coefficient (Wildman–Crippen LogP) is 5.73. The van der Waals surface area contributed by atoms with E-state index in [4.69, 9.17) is 14.2 Å². The molecule has 1 fully saturated rings. The van der Waals surface area contributed by atoms with E-state index in [2.05, 4.69) is 4.72 Å². The third-order valence-corrected chi connectivity index (χ3v) is 10.4. The van der Waals surface area contributed by atoms with Crippen LogP contribution in [-0.4, -0.2) is 63.3 Å². The van der Waals surface area contributed by atoms with Crippen molar-refractivity contribution < 1.29 is 31.8 Å². The maximum Gasteiger partial charge on any atom is 0.252 e. The molecule has 5 atom stereocenters. The molecule has 0 saturated carbocycles. The number of nitrogens with one attached hydrogen (secondary N) is 1. The summed E-state index contributed by atoms with van der Waals surface area (Å²) in [5.41, 5.74) is 4.86. The van der Waals surface area contributed by atoms with Gasteiger partial charge in [-0.1, -0.05) is 84.4 Å². The average Bonchev–Trinajstić information content (AvgIpc) is 3.09. The van der Waals surface area contributed by atoms with Crippen molar-refractivity contribution in [2.45, 2.75) is 68.6 Å². The van der Waals surface area contributed by atoms with E-state index in [1.54, 1.807) is 41.3 Å². The van der Waals surface area contributed by atoms with Gasteiger partial charge < -0.3 is 19.1 Å². The molecule has 2 aliphatic heterocycles. The number of amides is 1. The first-order chi connectivity index (χ1) is 23.2. The summed E-state index contributed by atoms with van der Waals surface area (Å²) in [6.07, 6.45) is -1.24. The van der Waals surface area contributed by atoms with Crippen molar-refractivity contribution in [1.82, 2.24) is 9.62 Å². The Morgan fingerprint density at radius 2 is 1.69 bits per heavy atom. The number of nitrogens with zero attached hydrogens (tertiary/aromatic N) is 1. The lowest BCUT2D eigenvalue weighted by atomic mass is 9.87. The summed E-state index contributed by atoms with van der Waals surface area (Å²) in [4.78, 5) is 16.2. The summed E-state index contributed by atoms with van der Waals surface area (Å²) in [7, 11) is -3.95. The number of benzene rings is 4. The van der Waals surface area contributed by atoms with E-state index in [0.29, 0.717) is 19.6 Å². The van der Waals surface area contributed by atoms with Gasteiger partial charge in [0.1, 0.15) is 11.9 Å². The molecule has 1 N–H and O–H groups in total. The molecule has 8 nitrogen and oxygen atoms in total. The van der Waals surface area contributed by atoms with Gasteiger partial charge in [0.2, 0.25) is 10.0 Å². The SMILES string of the molecule is Cc1ccc(S(=O)(=O)N[C@H]2C[C@H](C(=O)N3CCc4ccccc4[C@@H]3c3ccc(F)cc3)OC[C@@H]2O[C@H](C)COCc2ccccc2)cc1. The van der Waals surface area contributed by atoms with E-state index in [9.17, 15) is 17.6 Å². The second-order valence-electron chi connectivity index (χ2n) is 12.5. The van der Waals surface area contributed by atoms with Gasteiger partial charge in [-0.3, -0.25) is 4.79 Å². The molecule has 10 heteroatoms. The number of hydrogen-bond donors (Lipinski definition) is 1. The van der Waals surface area contributed by atoms with Crippen molar-refractivity contribution in [1.29, 1.82) is 0 Å². The van der Waals surface area contributed by atoms with Crippen LogP contribution in [0.5, 0.6) is 0 Å². The van der Waals surface area contributed by atoms with Crippen LogP contribution in [0.1, 0.15) is 47.2 Å². The Labute approximate surface area is 281 Å². The van der Waals surface area contributed by atoms with Crippen molar-refractivity contribution in [3.63, 3.8) is 0 Å². The van der Waals surface area contributed by atoms with Gasteiger partial charge in [0.15, 0.2) is 0 Å².